The normalized spacial score (nSPS) is 14.7. The van der Waals surface area contributed by atoms with Gasteiger partial charge in [-0.3, -0.25) is 0 Å². The average molecular weight is 307 g/mol. The number of aliphatic carboxylic acids is 2. The predicted octanol–water partition coefficient (Wildman–Crippen LogP) is 2.70. The van der Waals surface area contributed by atoms with Crippen LogP contribution in [-0.4, -0.2) is 34.7 Å². The monoisotopic (exact) mass is 307 g/mol. The first kappa shape index (κ1) is 18.2. The highest BCUT2D eigenvalue weighted by Gasteiger charge is 2.11. The van der Waals surface area contributed by atoms with E-state index in [1.165, 1.54) is 57.1 Å². The van der Waals surface area contributed by atoms with Gasteiger partial charge in [0.1, 0.15) is 0 Å². The molecular formula is C17H25NO4. The van der Waals surface area contributed by atoms with E-state index >= 15 is 0 Å². The number of rotatable bonds is 5. The molecule has 5 nitrogen and oxygen atoms in total. The molecule has 0 aromatic heterocycles. The fraction of sp³-hybridized carbons (Fsp3) is 0.529. The van der Waals surface area contributed by atoms with Crippen LogP contribution >= 0.6 is 0 Å². The van der Waals surface area contributed by atoms with Crippen molar-refractivity contribution in [3.63, 3.8) is 0 Å². The molecule has 0 unspecified atom stereocenters. The second-order valence-corrected chi connectivity index (χ2v) is 5.49. The van der Waals surface area contributed by atoms with Crippen LogP contribution < -0.4 is 5.32 Å². The third kappa shape index (κ3) is 8.42. The first-order valence-corrected chi connectivity index (χ1v) is 7.83. The zero-order valence-corrected chi connectivity index (χ0v) is 12.8. The zero-order valence-electron chi connectivity index (χ0n) is 12.8. The summed E-state index contributed by atoms with van der Waals surface area (Å²) >= 11 is 0. The lowest BCUT2D eigenvalue weighted by Crippen LogP contribution is -2.31. The number of carboxylic acids is 2. The number of carboxylic acid groups (broad SMARTS) is 2. The summed E-state index contributed by atoms with van der Waals surface area (Å²) in [6, 6.07) is 11.6. The van der Waals surface area contributed by atoms with Crippen molar-refractivity contribution in [2.24, 2.45) is 0 Å². The Bertz CT molecular complexity index is 429. The van der Waals surface area contributed by atoms with E-state index in [2.05, 4.69) is 35.6 Å². The maximum Gasteiger partial charge on any atom is 0.414 e. The van der Waals surface area contributed by atoms with Crippen LogP contribution in [0.5, 0.6) is 0 Å². The largest absolute Gasteiger partial charge is 0.473 e. The molecule has 1 fully saturated rings. The van der Waals surface area contributed by atoms with E-state index in [0.717, 1.165) is 6.04 Å². The van der Waals surface area contributed by atoms with Crippen molar-refractivity contribution in [3.05, 3.63) is 35.9 Å². The Labute approximate surface area is 131 Å². The highest BCUT2D eigenvalue weighted by atomic mass is 16.4. The van der Waals surface area contributed by atoms with Gasteiger partial charge in [-0.2, -0.15) is 0 Å². The number of benzene rings is 1. The van der Waals surface area contributed by atoms with Crippen molar-refractivity contribution >= 4 is 11.9 Å². The van der Waals surface area contributed by atoms with Crippen LogP contribution in [0.15, 0.2) is 30.3 Å². The predicted molar refractivity (Wildman–Crippen MR) is 84.9 cm³/mol. The van der Waals surface area contributed by atoms with Gasteiger partial charge in [-0.15, -0.1) is 0 Å². The van der Waals surface area contributed by atoms with Gasteiger partial charge < -0.3 is 15.5 Å². The maximum absolute atomic E-state index is 9.10. The van der Waals surface area contributed by atoms with Gasteiger partial charge in [0, 0.05) is 6.04 Å². The molecule has 3 N–H and O–H groups in total. The molecule has 0 heterocycles. The molecule has 22 heavy (non-hydrogen) atoms. The van der Waals surface area contributed by atoms with E-state index in [9.17, 15) is 0 Å². The standard InChI is InChI=1S/C15H23N.C2H2O4/c1-3-8-14(9-4-1)10-7-13-16-15-11-5-2-6-12-15;3-1(4)2(5)6/h1,3-4,8-9,15-16H,2,5-7,10-13H2;(H,3,4)(H,5,6). The summed E-state index contributed by atoms with van der Waals surface area (Å²) in [5.74, 6) is -3.65. The van der Waals surface area contributed by atoms with Crippen molar-refractivity contribution in [1.82, 2.24) is 5.32 Å². The van der Waals surface area contributed by atoms with Crippen LogP contribution in [0.25, 0.3) is 0 Å². The van der Waals surface area contributed by atoms with E-state index in [-0.39, 0.29) is 0 Å². The summed E-state index contributed by atoms with van der Waals surface area (Å²) in [4.78, 5) is 18.2. The molecule has 1 aliphatic rings. The first-order chi connectivity index (χ1) is 10.6. The Morgan fingerprint density at radius 2 is 1.59 bits per heavy atom. The van der Waals surface area contributed by atoms with Crippen LogP contribution in [0.4, 0.5) is 0 Å². The highest BCUT2D eigenvalue weighted by molar-refractivity contribution is 6.27. The molecular weight excluding hydrogens is 282 g/mol. The quantitative estimate of drug-likeness (QED) is 0.575. The Morgan fingerprint density at radius 3 is 2.14 bits per heavy atom. The molecule has 0 amide bonds. The van der Waals surface area contributed by atoms with E-state index in [4.69, 9.17) is 19.8 Å². The van der Waals surface area contributed by atoms with Gasteiger partial charge in [-0.05, 0) is 37.8 Å². The third-order valence-corrected chi connectivity index (χ3v) is 3.71. The number of hydrogen-bond donors (Lipinski definition) is 3. The minimum absolute atomic E-state index is 0.810. The van der Waals surface area contributed by atoms with Crippen molar-refractivity contribution in [1.29, 1.82) is 0 Å². The summed E-state index contributed by atoms with van der Waals surface area (Å²) in [6.45, 7) is 1.18. The molecule has 0 spiro atoms. The third-order valence-electron chi connectivity index (χ3n) is 3.71. The summed E-state index contributed by atoms with van der Waals surface area (Å²) in [7, 11) is 0. The lowest BCUT2D eigenvalue weighted by molar-refractivity contribution is -0.159. The first-order valence-electron chi connectivity index (χ1n) is 7.83. The topological polar surface area (TPSA) is 86.6 Å². The minimum Gasteiger partial charge on any atom is -0.473 e. The smallest absolute Gasteiger partial charge is 0.414 e. The second-order valence-electron chi connectivity index (χ2n) is 5.49. The van der Waals surface area contributed by atoms with Gasteiger partial charge in [0.05, 0.1) is 0 Å². The van der Waals surface area contributed by atoms with Crippen LogP contribution in [0.3, 0.4) is 0 Å². The lowest BCUT2D eigenvalue weighted by Gasteiger charge is -2.22. The summed E-state index contributed by atoms with van der Waals surface area (Å²) < 4.78 is 0. The number of hydrogen-bond acceptors (Lipinski definition) is 3. The van der Waals surface area contributed by atoms with Crippen molar-refractivity contribution in [2.45, 2.75) is 51.0 Å². The van der Waals surface area contributed by atoms with E-state index in [1.807, 2.05) is 0 Å². The Hall–Kier alpha value is -1.88. The average Bonchev–Trinajstić information content (AvgIpc) is 2.54. The molecule has 0 radical (unpaired) electrons. The molecule has 1 aromatic carbocycles. The van der Waals surface area contributed by atoms with E-state index in [0.29, 0.717) is 0 Å². The molecule has 0 saturated heterocycles. The number of carbonyl (C=O) groups is 2. The van der Waals surface area contributed by atoms with E-state index < -0.39 is 11.9 Å². The minimum atomic E-state index is -1.82. The number of aryl methyl sites for hydroxylation is 1. The second kappa shape index (κ2) is 10.8. The molecule has 1 aromatic rings. The molecule has 2 rings (SSSR count). The zero-order chi connectivity index (χ0) is 16.2. The summed E-state index contributed by atoms with van der Waals surface area (Å²) in [6.07, 6.45) is 9.56. The highest BCUT2D eigenvalue weighted by Crippen LogP contribution is 2.17. The molecule has 1 aliphatic carbocycles. The maximum atomic E-state index is 9.10. The summed E-state index contributed by atoms with van der Waals surface area (Å²) in [5.41, 5.74) is 1.47. The Morgan fingerprint density at radius 1 is 1.00 bits per heavy atom. The van der Waals surface area contributed by atoms with E-state index in [1.54, 1.807) is 0 Å². The fourth-order valence-corrected chi connectivity index (χ4v) is 2.55. The Balaban J connectivity index is 0.000000346. The lowest BCUT2D eigenvalue weighted by atomic mass is 9.95. The van der Waals surface area contributed by atoms with Crippen molar-refractivity contribution < 1.29 is 19.8 Å². The molecule has 1 saturated carbocycles. The molecule has 122 valence electrons. The van der Waals surface area contributed by atoms with Crippen LogP contribution in [0, 0.1) is 0 Å². The van der Waals surface area contributed by atoms with Gasteiger partial charge in [0.25, 0.3) is 0 Å². The van der Waals surface area contributed by atoms with Crippen molar-refractivity contribution in [3.8, 4) is 0 Å². The molecule has 0 aliphatic heterocycles. The van der Waals surface area contributed by atoms with Crippen LogP contribution in [0.2, 0.25) is 0 Å². The Kier molecular flexibility index (Phi) is 8.91. The summed E-state index contributed by atoms with van der Waals surface area (Å²) in [5, 5.41) is 18.5. The van der Waals surface area contributed by atoms with Crippen LogP contribution in [0.1, 0.15) is 44.1 Å². The fourth-order valence-electron chi connectivity index (χ4n) is 2.55. The SMILES string of the molecule is O=C(O)C(=O)O.c1ccc(CCCNC2CCCCC2)cc1. The van der Waals surface area contributed by atoms with Crippen LogP contribution in [-0.2, 0) is 16.0 Å². The molecule has 0 bridgehead atoms. The number of nitrogens with one attached hydrogen (secondary N) is 1. The van der Waals surface area contributed by atoms with Gasteiger partial charge in [0.15, 0.2) is 0 Å². The molecule has 5 heteroatoms. The van der Waals surface area contributed by atoms with Crippen molar-refractivity contribution in [2.75, 3.05) is 6.54 Å². The van der Waals surface area contributed by atoms with Gasteiger partial charge in [0.2, 0.25) is 0 Å². The van der Waals surface area contributed by atoms with Gasteiger partial charge in [-0.1, -0.05) is 49.6 Å². The van der Waals surface area contributed by atoms with Gasteiger partial charge in [-0.25, -0.2) is 9.59 Å². The van der Waals surface area contributed by atoms with Gasteiger partial charge >= 0.3 is 11.9 Å². The molecule has 0 atom stereocenters.